The van der Waals surface area contributed by atoms with Crippen molar-refractivity contribution < 1.29 is 9.53 Å². The van der Waals surface area contributed by atoms with E-state index in [1.807, 2.05) is 36.5 Å². The van der Waals surface area contributed by atoms with Gasteiger partial charge in [0.15, 0.2) is 5.11 Å². The number of hydrogen-bond donors (Lipinski definition) is 1. The minimum absolute atomic E-state index is 0.0934. The van der Waals surface area contributed by atoms with E-state index in [9.17, 15) is 4.79 Å². The molecule has 0 saturated carbocycles. The molecule has 7 heteroatoms. The molecule has 37 heavy (non-hydrogen) atoms. The predicted molar refractivity (Wildman–Crippen MR) is 150 cm³/mol. The summed E-state index contributed by atoms with van der Waals surface area (Å²) in [4.78, 5) is 18.8. The van der Waals surface area contributed by atoms with Crippen LogP contribution in [0.15, 0.2) is 79.0 Å². The van der Waals surface area contributed by atoms with Crippen LogP contribution < -0.4 is 10.2 Å². The minimum Gasteiger partial charge on any atom is -0.465 e. The number of carbonyl (C=O) groups excluding carboxylic acids is 1. The lowest BCUT2D eigenvalue weighted by Gasteiger charge is -2.28. The predicted octanol–water partition coefficient (Wildman–Crippen LogP) is 6.02. The number of aromatic nitrogens is 2. The summed E-state index contributed by atoms with van der Waals surface area (Å²) < 4.78 is 7.07. The Labute approximate surface area is 222 Å². The summed E-state index contributed by atoms with van der Waals surface area (Å²) in [7, 11) is 1.39. The molecule has 0 aliphatic carbocycles. The lowest BCUT2D eigenvalue weighted by molar-refractivity contribution is 0.0600. The van der Waals surface area contributed by atoms with E-state index in [2.05, 4.69) is 70.9 Å². The van der Waals surface area contributed by atoms with E-state index in [0.29, 0.717) is 10.7 Å². The number of carbonyl (C=O) groups is 1. The van der Waals surface area contributed by atoms with Gasteiger partial charge in [-0.15, -0.1) is 0 Å². The Morgan fingerprint density at radius 1 is 1.03 bits per heavy atom. The van der Waals surface area contributed by atoms with Crippen molar-refractivity contribution in [2.45, 2.75) is 39.3 Å². The Balaban J connectivity index is 1.62. The smallest absolute Gasteiger partial charge is 0.337 e. The van der Waals surface area contributed by atoms with E-state index < -0.39 is 0 Å². The Kier molecular flexibility index (Phi) is 6.80. The second-order valence-electron chi connectivity index (χ2n) is 9.22. The van der Waals surface area contributed by atoms with Crippen molar-refractivity contribution in [2.24, 2.45) is 0 Å². The first-order valence-corrected chi connectivity index (χ1v) is 12.8. The molecule has 0 amide bonds. The Hall–Kier alpha value is -3.97. The topological polar surface area (TPSA) is 59.4 Å². The highest BCUT2D eigenvalue weighted by Gasteiger charge is 2.42. The fourth-order valence-corrected chi connectivity index (χ4v) is 5.54. The summed E-state index contributed by atoms with van der Waals surface area (Å²) in [5.74, 6) is -0.346. The highest BCUT2D eigenvalue weighted by Crippen LogP contribution is 2.43. The van der Waals surface area contributed by atoms with E-state index in [-0.39, 0.29) is 18.1 Å². The fourth-order valence-electron chi connectivity index (χ4n) is 5.19. The standard InChI is InChI=1S/C30H30N4O2S/c1-5-21-9-13-24(14-10-21)34-28(27(32-30(34)37)26-8-6-7-17-31-26)25-18-19(2)33(20(25)3)23-15-11-22(12-16-23)29(35)36-4/h6-18,27-28H,5H2,1-4H3,(H,32,37)/t27-,28+/m0/s1. The molecule has 4 aromatic rings. The summed E-state index contributed by atoms with van der Waals surface area (Å²) in [6, 6.07) is 24.1. The fraction of sp³-hybridized carbons (Fsp3) is 0.233. The summed E-state index contributed by atoms with van der Waals surface area (Å²) in [6.45, 7) is 6.39. The first-order valence-electron chi connectivity index (χ1n) is 12.4. The number of aryl methyl sites for hydroxylation is 2. The maximum absolute atomic E-state index is 11.9. The number of methoxy groups -OCH3 is 1. The minimum atomic E-state index is -0.346. The van der Waals surface area contributed by atoms with Crippen molar-refractivity contribution in [1.82, 2.24) is 14.9 Å². The normalized spacial score (nSPS) is 17.1. The van der Waals surface area contributed by atoms with E-state index >= 15 is 0 Å². The van der Waals surface area contributed by atoms with E-state index in [1.54, 1.807) is 12.1 Å². The third-order valence-corrected chi connectivity index (χ3v) is 7.37. The third-order valence-electron chi connectivity index (χ3n) is 7.06. The second-order valence-corrected chi connectivity index (χ2v) is 9.60. The molecule has 0 unspecified atom stereocenters. The number of nitrogens with zero attached hydrogens (tertiary/aromatic N) is 3. The van der Waals surface area contributed by atoms with Gasteiger partial charge >= 0.3 is 5.97 Å². The third kappa shape index (κ3) is 4.51. The maximum atomic E-state index is 11.9. The molecular formula is C30H30N4O2S. The molecular weight excluding hydrogens is 480 g/mol. The zero-order valence-electron chi connectivity index (χ0n) is 21.4. The lowest BCUT2D eigenvalue weighted by atomic mass is 9.96. The molecule has 0 radical (unpaired) electrons. The van der Waals surface area contributed by atoms with Crippen LogP contribution in [0, 0.1) is 13.8 Å². The van der Waals surface area contributed by atoms with Crippen molar-refractivity contribution >= 4 is 29.0 Å². The SMILES string of the molecule is CCc1ccc(N2C(=S)N[C@@H](c3ccccn3)[C@H]2c2cc(C)n(-c3ccc(C(=O)OC)cc3)c2C)cc1. The molecule has 188 valence electrons. The molecule has 3 heterocycles. The summed E-state index contributed by atoms with van der Waals surface area (Å²) in [6.07, 6.45) is 2.81. The lowest BCUT2D eigenvalue weighted by Crippen LogP contribution is -2.29. The highest BCUT2D eigenvalue weighted by molar-refractivity contribution is 7.80. The van der Waals surface area contributed by atoms with Crippen molar-refractivity contribution in [1.29, 1.82) is 0 Å². The van der Waals surface area contributed by atoms with Crippen LogP contribution in [0.1, 0.15) is 57.6 Å². The summed E-state index contributed by atoms with van der Waals surface area (Å²) in [5.41, 5.74) is 8.14. The average Bonchev–Trinajstić information content (AvgIpc) is 3.43. The van der Waals surface area contributed by atoms with Crippen LogP contribution in [-0.2, 0) is 11.2 Å². The van der Waals surface area contributed by atoms with Crippen molar-refractivity contribution in [2.75, 3.05) is 12.0 Å². The van der Waals surface area contributed by atoms with Gasteiger partial charge < -0.3 is 19.5 Å². The van der Waals surface area contributed by atoms with Gasteiger partial charge in [0, 0.05) is 29.0 Å². The van der Waals surface area contributed by atoms with Gasteiger partial charge in [-0.2, -0.15) is 0 Å². The van der Waals surface area contributed by atoms with Gasteiger partial charge in [-0.3, -0.25) is 4.98 Å². The first-order chi connectivity index (χ1) is 17.9. The van der Waals surface area contributed by atoms with E-state index in [4.69, 9.17) is 17.0 Å². The monoisotopic (exact) mass is 510 g/mol. The molecule has 2 atom stereocenters. The molecule has 1 fully saturated rings. The molecule has 1 aliphatic rings. The largest absolute Gasteiger partial charge is 0.465 e. The number of nitrogens with one attached hydrogen (secondary N) is 1. The second kappa shape index (κ2) is 10.2. The zero-order valence-corrected chi connectivity index (χ0v) is 22.3. The molecule has 2 aromatic carbocycles. The van der Waals surface area contributed by atoms with Crippen LogP contribution >= 0.6 is 12.2 Å². The van der Waals surface area contributed by atoms with Gasteiger partial charge in [-0.1, -0.05) is 25.1 Å². The van der Waals surface area contributed by atoms with E-state index in [1.165, 1.54) is 12.7 Å². The van der Waals surface area contributed by atoms with Crippen molar-refractivity contribution in [3.63, 3.8) is 0 Å². The van der Waals surface area contributed by atoms with Gasteiger partial charge in [0.2, 0.25) is 0 Å². The number of thiocarbonyl (C=S) groups is 1. The van der Waals surface area contributed by atoms with Gasteiger partial charge in [-0.25, -0.2) is 4.79 Å². The van der Waals surface area contributed by atoms with Crippen LogP contribution in [0.25, 0.3) is 5.69 Å². The number of ether oxygens (including phenoxy) is 1. The van der Waals surface area contributed by atoms with Gasteiger partial charge in [0.1, 0.15) is 0 Å². The number of esters is 1. The molecule has 0 bridgehead atoms. The number of hydrogen-bond acceptors (Lipinski definition) is 4. The number of anilines is 1. The Morgan fingerprint density at radius 2 is 1.73 bits per heavy atom. The number of pyridine rings is 1. The van der Waals surface area contributed by atoms with Crippen molar-refractivity contribution in [3.05, 3.63) is 113 Å². The van der Waals surface area contributed by atoms with Gasteiger partial charge in [0.05, 0.1) is 30.5 Å². The first kappa shape index (κ1) is 24.7. The molecule has 6 nitrogen and oxygen atoms in total. The Morgan fingerprint density at radius 3 is 2.35 bits per heavy atom. The van der Waals surface area contributed by atoms with Crippen LogP contribution in [0.2, 0.25) is 0 Å². The van der Waals surface area contributed by atoms with Crippen LogP contribution in [0.5, 0.6) is 0 Å². The number of rotatable bonds is 6. The van der Waals surface area contributed by atoms with Crippen molar-refractivity contribution in [3.8, 4) is 5.69 Å². The summed E-state index contributed by atoms with van der Waals surface area (Å²) in [5, 5.41) is 4.23. The molecule has 2 aromatic heterocycles. The van der Waals surface area contributed by atoms with Crippen LogP contribution in [0.4, 0.5) is 5.69 Å². The average molecular weight is 511 g/mol. The van der Waals surface area contributed by atoms with Crippen LogP contribution in [-0.4, -0.2) is 27.7 Å². The van der Waals surface area contributed by atoms with Gasteiger partial charge in [-0.05, 0) is 98.2 Å². The molecule has 1 saturated heterocycles. The van der Waals surface area contributed by atoms with Crippen LogP contribution in [0.3, 0.4) is 0 Å². The molecule has 1 N–H and O–H groups in total. The molecule has 0 spiro atoms. The maximum Gasteiger partial charge on any atom is 0.337 e. The zero-order chi connectivity index (χ0) is 26.1. The summed E-state index contributed by atoms with van der Waals surface area (Å²) >= 11 is 5.90. The quantitative estimate of drug-likeness (QED) is 0.253. The van der Waals surface area contributed by atoms with E-state index in [0.717, 1.165) is 40.4 Å². The molecule has 5 rings (SSSR count). The van der Waals surface area contributed by atoms with Gasteiger partial charge in [0.25, 0.3) is 0 Å². The Bertz CT molecular complexity index is 1430. The molecule has 1 aliphatic heterocycles. The highest BCUT2D eigenvalue weighted by atomic mass is 32.1. The number of benzene rings is 2.